The third-order valence-electron chi connectivity index (χ3n) is 18.2. The van der Waals surface area contributed by atoms with Crippen LogP contribution in [0.5, 0.6) is 0 Å². The summed E-state index contributed by atoms with van der Waals surface area (Å²) in [5.41, 5.74) is 4.69. The smallest absolute Gasteiger partial charge is 0.870 e. The van der Waals surface area contributed by atoms with E-state index in [-0.39, 0.29) is 98.9 Å². The van der Waals surface area contributed by atoms with Crippen molar-refractivity contribution in [2.75, 3.05) is 49.9 Å². The number of aliphatic carboxylic acids is 1. The summed E-state index contributed by atoms with van der Waals surface area (Å²) < 4.78 is 0. The Hall–Kier alpha value is -7.38. The van der Waals surface area contributed by atoms with Gasteiger partial charge in [0.1, 0.15) is 0 Å². The van der Waals surface area contributed by atoms with Gasteiger partial charge in [-0.2, -0.15) is 10.5 Å². The van der Waals surface area contributed by atoms with Crippen LogP contribution in [0.15, 0.2) is 231 Å². The molecule has 10 aromatic carbocycles. The number of hydrogen-bond donors (Lipinski definition) is 2. The van der Waals surface area contributed by atoms with Gasteiger partial charge < -0.3 is 30.6 Å². The number of amides is 3. The molecule has 3 aliphatic carbocycles. The second-order valence-corrected chi connectivity index (χ2v) is 26.3. The first-order valence-electron chi connectivity index (χ1n) is 32.1. The summed E-state index contributed by atoms with van der Waals surface area (Å²) in [6.45, 7) is 8.40. The van der Waals surface area contributed by atoms with Crippen molar-refractivity contribution in [1.82, 2.24) is 20.0 Å². The molecule has 3 saturated carbocycles. The first kappa shape index (κ1) is 76.0. The van der Waals surface area contributed by atoms with Crippen molar-refractivity contribution < 1.29 is 81.1 Å². The fraction of sp³-hybridized carbons (Fsp3) is 0.284. The minimum atomic E-state index is -0.692. The molecule has 10 aromatic rings. The molecule has 0 aromatic heterocycles. The molecular formula is C81H83Br2KN6O6. The molecule has 5 fully saturated rings. The van der Waals surface area contributed by atoms with E-state index in [1.54, 1.807) is 0 Å². The number of nitrogens with zero attached hydrogens (tertiary/aromatic N) is 5. The van der Waals surface area contributed by atoms with E-state index >= 15 is 0 Å². The first-order chi connectivity index (χ1) is 45.2. The summed E-state index contributed by atoms with van der Waals surface area (Å²) in [5, 5.41) is 41.9. The molecule has 5 aliphatic rings. The van der Waals surface area contributed by atoms with Crippen molar-refractivity contribution in [1.29, 1.82) is 10.5 Å². The van der Waals surface area contributed by atoms with E-state index in [2.05, 4.69) is 148 Å². The Morgan fingerprint density at radius 3 is 1.29 bits per heavy atom. The molecular weight excluding hydrogens is 1350 g/mol. The molecule has 15 heteroatoms. The minimum absolute atomic E-state index is 0. The summed E-state index contributed by atoms with van der Waals surface area (Å²) >= 11 is 6.40. The number of benzene rings is 10. The topological polar surface area (TPSA) is 188 Å². The zero-order valence-electron chi connectivity index (χ0n) is 54.2. The Bertz CT molecular complexity index is 4340. The SMILES string of the molecule is BrCCBr.C.C[C@@H]1CN(C(=O)c2ccccc2)CCN1.C[C@@H]1CN(C(=O)c2ccccc2)CCN1C(=O)C1(c2ccc3ccccc3c2)CC1.N#CC1(c2ccc3ccccc3c2)CC1.N#CCc1ccc2ccccc2c1.O=C(O)C1(c2ccc3ccccc3c2)CC1.[K+].[OH-]. The number of hydrogen-bond acceptors (Lipinski definition) is 8. The Morgan fingerprint density at radius 1 is 0.500 bits per heavy atom. The van der Waals surface area contributed by atoms with Gasteiger partial charge in [-0.25, -0.2) is 0 Å². The van der Waals surface area contributed by atoms with Crippen LogP contribution in [0, 0.1) is 22.7 Å². The van der Waals surface area contributed by atoms with E-state index in [0.717, 1.165) is 102 Å². The number of carboxylic acids is 1. The Balaban J connectivity index is 0.000000172. The van der Waals surface area contributed by atoms with Crippen LogP contribution in [0.3, 0.4) is 0 Å². The fourth-order valence-corrected chi connectivity index (χ4v) is 12.4. The number of halogens is 2. The van der Waals surface area contributed by atoms with Crippen LogP contribution in [-0.4, -0.2) is 111 Å². The van der Waals surface area contributed by atoms with Crippen molar-refractivity contribution in [3.8, 4) is 12.1 Å². The molecule has 2 saturated heterocycles. The molecule has 0 spiro atoms. The fourth-order valence-electron chi connectivity index (χ4n) is 12.4. The van der Waals surface area contributed by atoms with E-state index in [0.29, 0.717) is 37.7 Å². The number of fused-ring (bicyclic) bond motifs is 4. The number of alkyl halides is 2. The summed E-state index contributed by atoms with van der Waals surface area (Å²) in [4.78, 5) is 55.4. The number of carbonyl (C=O) groups is 4. The molecule has 15 rings (SSSR count). The van der Waals surface area contributed by atoms with Crippen molar-refractivity contribution in [3.63, 3.8) is 0 Å². The number of carboxylic acid groups (broad SMARTS) is 1. The molecule has 3 N–H and O–H groups in total. The van der Waals surface area contributed by atoms with Gasteiger partial charge in [-0.3, -0.25) is 19.2 Å². The van der Waals surface area contributed by atoms with E-state index < -0.39 is 11.4 Å². The zero-order valence-corrected chi connectivity index (χ0v) is 60.5. The first-order valence-corrected chi connectivity index (χ1v) is 34.3. The molecule has 2 aliphatic heterocycles. The van der Waals surface area contributed by atoms with Gasteiger partial charge in [0.2, 0.25) is 5.91 Å². The predicted molar refractivity (Wildman–Crippen MR) is 391 cm³/mol. The van der Waals surface area contributed by atoms with Crippen molar-refractivity contribution in [2.45, 2.75) is 94.5 Å². The van der Waals surface area contributed by atoms with Crippen LogP contribution in [0.1, 0.15) is 103 Å². The average Bonchev–Trinajstić information content (AvgIpc) is 1.59. The Labute approximate surface area is 624 Å². The normalized spacial score (nSPS) is 16.9. The van der Waals surface area contributed by atoms with Crippen LogP contribution in [0.4, 0.5) is 0 Å². The van der Waals surface area contributed by atoms with Crippen LogP contribution in [0.2, 0.25) is 0 Å². The van der Waals surface area contributed by atoms with Gasteiger partial charge in [-0.15, -0.1) is 0 Å². The standard InChI is InChI=1S/C26H26N2O2.C14H11N.C14H12O2.C12H16N2O.C12H9N.C2H4Br2.CH4.K.H2O/c1-19-18-27(24(29)21-8-3-2-4-9-21)15-16-28(19)25(30)26(13-14-26)23-12-11-20-7-5-6-10-22(20)17-23;15-10-14(7-8-14)13-6-5-11-3-1-2-4-12(11)9-13;15-13(16)14(7-8-14)12-6-5-10-3-1-2-4-11(10)9-12;1-10-9-14(8-7-13-10)12(15)11-5-3-2-4-6-11;13-8-7-10-5-6-11-3-1-2-4-12(11)9-10;3-1-2-4;;;/h2-12,17,19H,13-16,18H2,1H3;1-6,9H,7-8H2;1-6,9H,7-8H2,(H,15,16);2-6,10,13H,7-9H2,1H3;1-6,9H,7H2;1-2H2;1H4;;1H2/q;;;;;;;+1;/p-1/t19-;;;10-;;;;;/m1..1...../s1. The van der Waals surface area contributed by atoms with E-state index in [4.69, 9.17) is 10.5 Å². The van der Waals surface area contributed by atoms with Crippen molar-refractivity contribution in [3.05, 3.63) is 264 Å². The second-order valence-electron chi connectivity index (χ2n) is 24.7. The molecule has 96 heavy (non-hydrogen) atoms. The van der Waals surface area contributed by atoms with E-state index in [9.17, 15) is 24.3 Å². The molecule has 0 bridgehead atoms. The third kappa shape index (κ3) is 18.8. The van der Waals surface area contributed by atoms with Gasteiger partial charge in [-0.1, -0.05) is 239 Å². The second kappa shape index (κ2) is 35.7. The van der Waals surface area contributed by atoms with Crippen LogP contribution in [-0.2, 0) is 32.3 Å². The third-order valence-corrected chi connectivity index (χ3v) is 20.1. The largest absolute Gasteiger partial charge is 1.00 e. The summed E-state index contributed by atoms with van der Waals surface area (Å²) in [6, 6.07) is 81.5. The maximum Gasteiger partial charge on any atom is 1.00 e. The van der Waals surface area contributed by atoms with Crippen LogP contribution in [0.25, 0.3) is 43.1 Å². The molecule has 2 heterocycles. The molecule has 3 amide bonds. The Kier molecular flexibility index (Phi) is 28.3. The molecule has 12 nitrogen and oxygen atoms in total. The van der Waals surface area contributed by atoms with Gasteiger partial charge in [0.05, 0.1) is 34.8 Å². The number of nitriles is 2. The number of nitrogens with one attached hydrogen (secondary N) is 1. The van der Waals surface area contributed by atoms with E-state index in [1.807, 2.05) is 160 Å². The monoisotopic (exact) mass is 1430 g/mol. The van der Waals surface area contributed by atoms with Gasteiger partial charge in [0.25, 0.3) is 11.8 Å². The van der Waals surface area contributed by atoms with Crippen molar-refractivity contribution in [2.24, 2.45) is 0 Å². The molecule has 0 radical (unpaired) electrons. The molecule has 2 atom stereocenters. The molecule has 0 unspecified atom stereocenters. The number of piperazine rings is 2. The van der Waals surface area contributed by atoms with Crippen LogP contribution < -0.4 is 56.7 Å². The quantitative estimate of drug-likeness (QED) is 0.105. The van der Waals surface area contributed by atoms with Crippen LogP contribution >= 0.6 is 31.9 Å². The van der Waals surface area contributed by atoms with Gasteiger partial charge in [-0.05, 0) is 148 Å². The minimum Gasteiger partial charge on any atom is -0.870 e. The summed E-state index contributed by atoms with van der Waals surface area (Å²) in [6.07, 6.45) is 5.86. The summed E-state index contributed by atoms with van der Waals surface area (Å²) in [5.74, 6) is -0.283. The molecule has 488 valence electrons. The number of carbonyl (C=O) groups excluding carboxylic acids is 3. The Morgan fingerprint density at radius 2 is 0.896 bits per heavy atom. The predicted octanol–water partition coefficient (Wildman–Crippen LogP) is 13.9. The van der Waals surface area contributed by atoms with Gasteiger partial charge in [0.15, 0.2) is 0 Å². The zero-order chi connectivity index (χ0) is 65.4. The van der Waals surface area contributed by atoms with Gasteiger partial charge in [0, 0.05) is 73.1 Å². The average molecular weight is 1440 g/mol. The maximum atomic E-state index is 13.6. The maximum absolute atomic E-state index is 13.6. The number of rotatable bonds is 9. The van der Waals surface area contributed by atoms with E-state index in [1.165, 1.54) is 37.9 Å². The summed E-state index contributed by atoms with van der Waals surface area (Å²) in [7, 11) is 0. The van der Waals surface area contributed by atoms with Crippen molar-refractivity contribution >= 4 is 98.6 Å². The van der Waals surface area contributed by atoms with Gasteiger partial charge >= 0.3 is 57.4 Å².